The fourth-order valence-electron chi connectivity index (χ4n) is 0.606. The Morgan fingerprint density at radius 1 is 1.35 bits per heavy atom. The minimum atomic E-state index is -0.515. The van der Waals surface area contributed by atoms with Crippen molar-refractivity contribution in [1.82, 2.24) is 14.9 Å². The first kappa shape index (κ1) is 15.6. The van der Waals surface area contributed by atoms with E-state index >= 15 is 0 Å². The van der Waals surface area contributed by atoms with Crippen LogP contribution in [0.2, 0.25) is 0 Å². The van der Waals surface area contributed by atoms with Gasteiger partial charge in [-0.15, -0.1) is 4.99 Å². The van der Waals surface area contributed by atoms with E-state index in [-0.39, 0.29) is 11.3 Å². The highest BCUT2D eigenvalue weighted by Crippen LogP contribution is 2.02. The fourth-order valence-corrected chi connectivity index (χ4v) is 0.999. The Balaban J connectivity index is 4.30. The Kier molecular flexibility index (Phi) is 7.11. The van der Waals surface area contributed by atoms with Crippen molar-refractivity contribution >= 4 is 30.0 Å². The quantitative estimate of drug-likeness (QED) is 0.442. The predicted octanol–water partition coefficient (Wildman–Crippen LogP) is 1.03. The van der Waals surface area contributed by atoms with Crippen LogP contribution >= 0.6 is 11.9 Å². The molecule has 0 rings (SSSR count). The number of nitrogens with zero attached hydrogens (tertiary/aromatic N) is 2. The van der Waals surface area contributed by atoms with Crippen LogP contribution in [-0.2, 0) is 4.74 Å². The molecule has 0 saturated carbocycles. The lowest BCUT2D eigenvalue weighted by molar-refractivity contribution is 0.226. The van der Waals surface area contributed by atoms with Gasteiger partial charge in [-0.1, -0.05) is 13.8 Å². The first-order chi connectivity index (χ1) is 7.86. The molecule has 4 amide bonds. The van der Waals surface area contributed by atoms with Crippen molar-refractivity contribution in [3.8, 4) is 0 Å². The Morgan fingerprint density at radius 3 is 2.35 bits per heavy atom. The van der Waals surface area contributed by atoms with Crippen molar-refractivity contribution < 1.29 is 14.3 Å². The number of hydrogen-bond donors (Lipinski definition) is 2. The van der Waals surface area contributed by atoms with E-state index in [1.807, 2.05) is 13.8 Å². The van der Waals surface area contributed by atoms with E-state index in [0.717, 1.165) is 0 Å². The average molecular weight is 262 g/mol. The standard InChI is InChI=1S/C9H18N4O3S/c1-6(2)17-12-7(14)10-8(16-5)11-9(15)13(3)4/h6H,1-5H3,(H2,10,11,12,14,15). The molecule has 0 aliphatic carbocycles. The number of rotatable bonds is 2. The molecule has 8 heteroatoms. The molecule has 0 heterocycles. The zero-order chi connectivity index (χ0) is 13.4. The Morgan fingerprint density at radius 2 is 1.94 bits per heavy atom. The van der Waals surface area contributed by atoms with E-state index in [4.69, 9.17) is 4.74 Å². The molecule has 0 aromatic heterocycles. The van der Waals surface area contributed by atoms with Crippen molar-refractivity contribution in [3.05, 3.63) is 0 Å². The molecule has 7 nitrogen and oxygen atoms in total. The minimum Gasteiger partial charge on any atom is -0.468 e. The summed E-state index contributed by atoms with van der Waals surface area (Å²) < 4.78 is 7.30. The lowest BCUT2D eigenvalue weighted by atomic mass is 10.6. The van der Waals surface area contributed by atoms with Gasteiger partial charge in [0.15, 0.2) is 0 Å². The fraction of sp³-hybridized carbons (Fsp3) is 0.667. The molecule has 98 valence electrons. The summed E-state index contributed by atoms with van der Waals surface area (Å²) in [6.07, 6.45) is 0. The summed E-state index contributed by atoms with van der Waals surface area (Å²) >= 11 is 1.25. The molecule has 2 N–H and O–H groups in total. The summed E-state index contributed by atoms with van der Waals surface area (Å²) in [6, 6.07) is -1.15. The Labute approximate surface area is 105 Å². The molecule has 0 unspecified atom stereocenters. The number of nitrogens with one attached hydrogen (secondary N) is 2. The molecule has 0 fully saturated rings. The lowest BCUT2D eigenvalue weighted by Gasteiger charge is -2.10. The summed E-state index contributed by atoms with van der Waals surface area (Å²) in [5, 5.41) is 2.57. The highest BCUT2D eigenvalue weighted by Gasteiger charge is 2.10. The summed E-state index contributed by atoms with van der Waals surface area (Å²) in [6.45, 7) is 3.87. The highest BCUT2D eigenvalue weighted by molar-refractivity contribution is 7.98. The molecular weight excluding hydrogens is 244 g/mol. The van der Waals surface area contributed by atoms with Crippen LogP contribution in [0.1, 0.15) is 13.8 Å². The number of carbonyl (C=O) groups excluding carboxylic acids is 2. The van der Waals surface area contributed by atoms with Crippen LogP contribution in [0.15, 0.2) is 4.99 Å². The molecule has 0 aliphatic rings. The van der Waals surface area contributed by atoms with Gasteiger partial charge in [0.1, 0.15) is 0 Å². The summed E-state index contributed by atoms with van der Waals surface area (Å²) in [5.41, 5.74) is 0. The van der Waals surface area contributed by atoms with Gasteiger partial charge < -0.3 is 9.64 Å². The Hall–Kier alpha value is -1.44. The van der Waals surface area contributed by atoms with Gasteiger partial charge >= 0.3 is 18.1 Å². The topological polar surface area (TPSA) is 83.0 Å². The third-order valence-corrected chi connectivity index (χ3v) is 2.16. The molecule has 0 atom stereocenters. The molecule has 0 aliphatic heterocycles. The summed E-state index contributed by atoms with van der Waals surface area (Å²) in [7, 11) is 4.42. The smallest absolute Gasteiger partial charge is 0.347 e. The lowest BCUT2D eigenvalue weighted by Crippen LogP contribution is -2.38. The predicted molar refractivity (Wildman–Crippen MR) is 67.9 cm³/mol. The van der Waals surface area contributed by atoms with Gasteiger partial charge in [-0.25, -0.2) is 9.59 Å². The van der Waals surface area contributed by atoms with Crippen LogP contribution in [0.5, 0.6) is 0 Å². The summed E-state index contributed by atoms with van der Waals surface area (Å²) in [4.78, 5) is 27.4. The van der Waals surface area contributed by atoms with Crippen molar-refractivity contribution in [2.45, 2.75) is 19.1 Å². The van der Waals surface area contributed by atoms with Gasteiger partial charge in [0, 0.05) is 19.3 Å². The molecule has 0 aromatic carbocycles. The maximum atomic E-state index is 11.3. The zero-order valence-electron chi connectivity index (χ0n) is 10.6. The molecular formula is C9H18N4O3S. The molecule has 0 radical (unpaired) electrons. The van der Waals surface area contributed by atoms with Gasteiger partial charge in [0.2, 0.25) is 0 Å². The maximum Gasteiger partial charge on any atom is 0.347 e. The van der Waals surface area contributed by atoms with Crippen LogP contribution < -0.4 is 10.0 Å². The van der Waals surface area contributed by atoms with Crippen LogP contribution in [0.3, 0.4) is 0 Å². The third-order valence-electron chi connectivity index (χ3n) is 1.38. The molecule has 0 aromatic rings. The Bertz CT molecular complexity index is 305. The van der Waals surface area contributed by atoms with E-state index in [0.29, 0.717) is 0 Å². The van der Waals surface area contributed by atoms with Crippen LogP contribution in [0, 0.1) is 0 Å². The largest absolute Gasteiger partial charge is 0.468 e. The second-order valence-electron chi connectivity index (χ2n) is 3.52. The monoisotopic (exact) mass is 262 g/mol. The van der Waals surface area contributed by atoms with Crippen LogP contribution in [0.25, 0.3) is 0 Å². The number of urea groups is 2. The first-order valence-electron chi connectivity index (χ1n) is 4.93. The third kappa shape index (κ3) is 7.45. The van der Waals surface area contributed by atoms with E-state index in [2.05, 4.69) is 15.0 Å². The molecule has 17 heavy (non-hydrogen) atoms. The number of methoxy groups -OCH3 is 1. The number of amidine groups is 1. The van der Waals surface area contributed by atoms with Crippen molar-refractivity contribution in [2.24, 2.45) is 4.99 Å². The number of aliphatic imine (C=N–C) groups is 1. The maximum absolute atomic E-state index is 11.3. The summed E-state index contributed by atoms with van der Waals surface area (Å²) in [5.74, 6) is 0. The SMILES string of the molecule is COC(=NC(=O)N(C)C)NC(=O)NSC(C)C. The van der Waals surface area contributed by atoms with E-state index < -0.39 is 12.1 Å². The van der Waals surface area contributed by atoms with Crippen LogP contribution in [0.4, 0.5) is 9.59 Å². The van der Waals surface area contributed by atoms with Gasteiger partial charge in [-0.2, -0.15) is 0 Å². The number of ether oxygens (including phenoxy) is 1. The minimum absolute atomic E-state index is 0.148. The normalized spacial score (nSPS) is 11.1. The second kappa shape index (κ2) is 7.77. The van der Waals surface area contributed by atoms with Crippen LogP contribution in [-0.4, -0.2) is 49.4 Å². The average Bonchev–Trinajstić information content (AvgIpc) is 2.25. The first-order valence-corrected chi connectivity index (χ1v) is 5.81. The van der Waals surface area contributed by atoms with Gasteiger partial charge in [-0.05, 0) is 11.9 Å². The van der Waals surface area contributed by atoms with Gasteiger partial charge in [0.25, 0.3) is 0 Å². The van der Waals surface area contributed by atoms with Gasteiger partial charge in [0.05, 0.1) is 7.11 Å². The second-order valence-corrected chi connectivity index (χ2v) is 4.90. The van der Waals surface area contributed by atoms with E-state index in [1.54, 1.807) is 14.1 Å². The molecule has 0 spiro atoms. The molecule has 0 saturated heterocycles. The highest BCUT2D eigenvalue weighted by atomic mass is 32.2. The zero-order valence-corrected chi connectivity index (χ0v) is 11.4. The van der Waals surface area contributed by atoms with Crippen molar-refractivity contribution in [2.75, 3.05) is 21.2 Å². The van der Waals surface area contributed by atoms with E-state index in [1.165, 1.54) is 24.0 Å². The van der Waals surface area contributed by atoms with Crippen molar-refractivity contribution in [1.29, 1.82) is 0 Å². The van der Waals surface area contributed by atoms with E-state index in [9.17, 15) is 9.59 Å². The number of hydrogen-bond acceptors (Lipinski definition) is 4. The number of carbonyl (C=O) groups is 2. The van der Waals surface area contributed by atoms with Gasteiger partial charge in [-0.3, -0.25) is 10.0 Å². The number of amides is 4. The van der Waals surface area contributed by atoms with Crippen molar-refractivity contribution in [3.63, 3.8) is 0 Å². The molecule has 0 bridgehead atoms.